The Hall–Kier alpha value is -11.2. The van der Waals surface area contributed by atoms with E-state index in [2.05, 4.69) is 64.1 Å². The molecule has 24 nitrogen and oxygen atoms in total. The number of ether oxygens (including phenoxy) is 5. The van der Waals surface area contributed by atoms with E-state index in [-0.39, 0.29) is 0 Å². The number of aromatic nitrogens is 17. The second-order valence-electron chi connectivity index (χ2n) is 33.5. The van der Waals surface area contributed by atoms with Crippen molar-refractivity contribution in [1.82, 2.24) is 81.4 Å². The van der Waals surface area contributed by atoms with Gasteiger partial charge >= 0.3 is 0 Å². The summed E-state index contributed by atoms with van der Waals surface area (Å²) in [5.74, 6) is 8.26. The van der Waals surface area contributed by atoms with Crippen molar-refractivity contribution >= 4 is 109 Å². The molecule has 5 fully saturated rings. The molecule has 131 heavy (non-hydrogen) atoms. The van der Waals surface area contributed by atoms with Crippen LogP contribution >= 0.6 is 69.6 Å². The predicted molar refractivity (Wildman–Crippen MR) is 520 cm³/mol. The van der Waals surface area contributed by atoms with Crippen molar-refractivity contribution in [1.29, 1.82) is 0 Å². The summed E-state index contributed by atoms with van der Waals surface area (Å²) in [6.45, 7) is 9.38. The Morgan fingerprint density at radius 3 is 1.12 bits per heavy atom. The summed E-state index contributed by atoms with van der Waals surface area (Å²) >= 11 is 35.9. The SMILES string of the molecule is CN(C)c1nc(-c2ccc(Cl)cc2)c2cnccn12.COC1CCC(c2nc(-c3ccc(Cl)cc3)c3cnccn23)CC1.Clc1ccc(-c2nc(C3CCOC3)n3ccncc23)cc1.Clc1ccc(-c2nc(C3CCOCC3)n3ccncc23)cc1.Clc1ccc(-c2nc(CC3CCOCC3)n3ccncc23)cc1.Clc1ccc(-c2nc(N3CCOCC3)n3c2CCCC3)cc1. The third-order valence-electron chi connectivity index (χ3n) is 24.9. The highest BCUT2D eigenvalue weighted by atomic mass is 35.5. The number of imidazole rings is 6. The van der Waals surface area contributed by atoms with Crippen LogP contribution in [0.2, 0.25) is 30.1 Å². The van der Waals surface area contributed by atoms with Crippen LogP contribution in [0.1, 0.15) is 117 Å². The lowest BCUT2D eigenvalue weighted by Crippen LogP contribution is -2.38. The average molecular weight is 1870 g/mol. The zero-order valence-electron chi connectivity index (χ0n) is 73.2. The molecule has 0 radical (unpaired) electrons. The van der Waals surface area contributed by atoms with Gasteiger partial charge < -0.3 is 42.5 Å². The molecule has 0 N–H and O–H groups in total. The molecule has 30 heteroatoms. The Morgan fingerprint density at radius 1 is 0.351 bits per heavy atom. The van der Waals surface area contributed by atoms with E-state index >= 15 is 0 Å². The van der Waals surface area contributed by atoms with E-state index < -0.39 is 0 Å². The van der Waals surface area contributed by atoms with E-state index in [9.17, 15) is 0 Å². The van der Waals surface area contributed by atoms with Crippen molar-refractivity contribution in [2.75, 3.05) is 96.9 Å². The molecule has 6 aromatic carbocycles. The fraction of sp³-hybridized carbons (Fsp3) is 0.317. The highest BCUT2D eigenvalue weighted by Crippen LogP contribution is 2.41. The molecule has 23 rings (SSSR count). The van der Waals surface area contributed by atoms with Crippen LogP contribution in [0.5, 0.6) is 0 Å². The molecule has 6 aliphatic rings. The summed E-state index contributed by atoms with van der Waals surface area (Å²) in [5.41, 5.74) is 18.8. The van der Waals surface area contributed by atoms with Gasteiger partial charge in [0.05, 0.1) is 119 Å². The van der Waals surface area contributed by atoms with Gasteiger partial charge in [-0.25, -0.2) is 29.9 Å². The molecule has 0 bridgehead atoms. The number of nitrogens with zero attached hydrogens (tertiary/aromatic N) is 19. The number of halogens is 6. The molecule has 1 aliphatic carbocycles. The third-order valence-corrected chi connectivity index (χ3v) is 26.4. The molecular formula is C101H101Cl6N19O5. The van der Waals surface area contributed by atoms with Crippen molar-refractivity contribution in [2.24, 2.45) is 5.92 Å². The molecule has 1 atom stereocenters. The van der Waals surface area contributed by atoms with E-state index in [1.807, 2.05) is 237 Å². The monoisotopic (exact) mass is 1870 g/mol. The first-order chi connectivity index (χ1) is 64.2. The first-order valence-electron chi connectivity index (χ1n) is 44.7. The summed E-state index contributed by atoms with van der Waals surface area (Å²) in [7, 11) is 5.75. The molecule has 0 amide bonds. The lowest BCUT2D eigenvalue weighted by molar-refractivity contribution is 0.0650. The minimum atomic E-state index is 0.348. The Kier molecular flexibility index (Phi) is 29.3. The molecule has 4 saturated heterocycles. The Morgan fingerprint density at radius 2 is 0.702 bits per heavy atom. The van der Waals surface area contributed by atoms with Crippen LogP contribution in [0.3, 0.4) is 0 Å². The summed E-state index contributed by atoms with van der Waals surface area (Å²) in [4.78, 5) is 55.0. The van der Waals surface area contributed by atoms with E-state index in [1.165, 1.54) is 18.5 Å². The molecule has 672 valence electrons. The van der Waals surface area contributed by atoms with Gasteiger partial charge in [0.15, 0.2) is 0 Å². The first kappa shape index (κ1) is 90.3. The normalized spacial score (nSPS) is 17.0. The maximum absolute atomic E-state index is 6.02. The number of methoxy groups -OCH3 is 1. The van der Waals surface area contributed by atoms with Gasteiger partial charge in [0, 0.05) is 229 Å². The number of morpholine rings is 1. The van der Waals surface area contributed by atoms with Gasteiger partial charge in [0.1, 0.15) is 23.3 Å². The van der Waals surface area contributed by atoms with Crippen LogP contribution in [0.4, 0.5) is 11.9 Å². The van der Waals surface area contributed by atoms with Gasteiger partial charge in [-0.1, -0.05) is 142 Å². The molecule has 0 spiro atoms. The molecule has 1 unspecified atom stereocenters. The van der Waals surface area contributed by atoms with Crippen molar-refractivity contribution in [3.63, 3.8) is 0 Å². The molecule has 16 heterocycles. The lowest BCUT2D eigenvalue weighted by Gasteiger charge is -2.29. The number of rotatable bonds is 14. The Balaban J connectivity index is 0.000000106. The number of hydrogen-bond acceptors (Lipinski definition) is 18. The lowest BCUT2D eigenvalue weighted by atomic mass is 9.87. The fourth-order valence-electron chi connectivity index (χ4n) is 18.1. The fourth-order valence-corrected chi connectivity index (χ4v) is 18.8. The standard InChI is InChI=1S/C19H20ClN3O.C18H18ClN3O.C17H16ClN3O.C17H20ClN3O.C16H14ClN3O.C14H13ClN4/c1-24-16-8-4-14(5-9-16)19-22-18(13-2-6-15(20)7-3-13)17-12-21-10-11-23(17)19;19-15-3-1-14(2-4-15)18-16-12-20-7-8-22(16)17(21-18)11-13-5-9-23-10-6-13;18-14-3-1-12(2-4-14)16-15-11-19-7-8-21(15)17(20-16)13-5-9-22-10-6-13;18-14-6-4-13(5-7-14)16-15-3-1-2-8-21(15)17(19-16)20-9-11-22-12-10-20;17-13-3-1-11(2-4-13)15-14-9-18-6-7-20(14)16(19-15)12-5-8-21-10-12;1-18(2)14-17-13(10-3-5-11(15)6-4-10)12-9-16-7-8-19(12)14/h2-3,6-7,10-12,14,16H,4-5,8-9H2,1H3;1-4,7-8,12-13H,5-6,9-11H2;1-4,7-8,11,13H,5-6,9-10H2;4-7H,1-3,8-12H2;1-4,6-7,9,12H,5,8,10H2;3-9H,1-2H3. The van der Waals surface area contributed by atoms with Crippen LogP contribution in [0, 0.1) is 5.92 Å². The van der Waals surface area contributed by atoms with Crippen molar-refractivity contribution in [2.45, 2.75) is 114 Å². The summed E-state index contributed by atoms with van der Waals surface area (Å²) in [6.07, 6.45) is 42.8. The van der Waals surface area contributed by atoms with Crippen LogP contribution in [0.25, 0.3) is 95.1 Å². The third kappa shape index (κ3) is 21.0. The molecular weight excluding hydrogens is 1770 g/mol. The zero-order valence-corrected chi connectivity index (χ0v) is 77.7. The summed E-state index contributed by atoms with van der Waals surface area (Å²) < 4.78 is 40.5. The zero-order chi connectivity index (χ0) is 89.7. The Labute approximate surface area is 790 Å². The van der Waals surface area contributed by atoms with Crippen LogP contribution < -0.4 is 9.80 Å². The van der Waals surface area contributed by atoms with Crippen LogP contribution in [-0.2, 0) is 43.1 Å². The second kappa shape index (κ2) is 42.5. The van der Waals surface area contributed by atoms with Crippen LogP contribution in [0.15, 0.2) is 239 Å². The minimum absolute atomic E-state index is 0.348. The van der Waals surface area contributed by atoms with Gasteiger partial charge in [-0.3, -0.25) is 42.5 Å². The van der Waals surface area contributed by atoms with E-state index in [4.69, 9.17) is 123 Å². The van der Waals surface area contributed by atoms with Gasteiger partial charge in [-0.05, 0) is 156 Å². The Bertz CT molecular complexity index is 6650. The quantitative estimate of drug-likeness (QED) is 0.0987. The predicted octanol–water partition coefficient (Wildman–Crippen LogP) is 22.7. The number of fused-ring (bicyclic) bond motifs is 6. The number of anilines is 2. The van der Waals surface area contributed by atoms with Crippen molar-refractivity contribution in [3.05, 3.63) is 298 Å². The van der Waals surface area contributed by atoms with Crippen molar-refractivity contribution < 1.29 is 23.7 Å². The van der Waals surface area contributed by atoms with Gasteiger partial charge in [-0.2, -0.15) is 0 Å². The minimum Gasteiger partial charge on any atom is -0.381 e. The summed E-state index contributed by atoms with van der Waals surface area (Å²) in [6, 6.07) is 46.9. The number of hydrogen-bond donors (Lipinski definition) is 0. The highest BCUT2D eigenvalue weighted by molar-refractivity contribution is 6.32. The maximum Gasteiger partial charge on any atom is 0.210 e. The second-order valence-corrected chi connectivity index (χ2v) is 36.1. The van der Waals surface area contributed by atoms with E-state index in [0.717, 1.165) is 304 Å². The molecule has 5 aliphatic heterocycles. The maximum atomic E-state index is 6.02. The average Bonchev–Trinajstić information content (AvgIpc) is 1.62. The van der Waals surface area contributed by atoms with Gasteiger partial charge in [0.25, 0.3) is 0 Å². The highest BCUT2D eigenvalue weighted by Gasteiger charge is 2.31. The van der Waals surface area contributed by atoms with E-state index in [1.54, 1.807) is 19.5 Å². The smallest absolute Gasteiger partial charge is 0.210 e. The van der Waals surface area contributed by atoms with Crippen molar-refractivity contribution in [3.8, 4) is 67.5 Å². The number of benzene rings is 6. The van der Waals surface area contributed by atoms with Gasteiger partial charge in [-0.15, -0.1) is 0 Å². The van der Waals surface area contributed by atoms with Crippen LogP contribution in [-0.4, -0.2) is 175 Å². The summed E-state index contributed by atoms with van der Waals surface area (Å²) in [5, 5.41) is 4.42. The largest absolute Gasteiger partial charge is 0.381 e. The molecule has 11 aromatic heterocycles. The molecule has 17 aromatic rings. The van der Waals surface area contributed by atoms with Gasteiger partial charge in [0.2, 0.25) is 11.9 Å². The molecule has 1 saturated carbocycles. The topological polar surface area (TPSA) is 221 Å². The first-order valence-corrected chi connectivity index (χ1v) is 47.0. The van der Waals surface area contributed by atoms with E-state index in [0.29, 0.717) is 29.8 Å².